The highest BCUT2D eigenvalue weighted by atomic mass is 16.6. The van der Waals surface area contributed by atoms with Crippen LogP contribution >= 0.6 is 0 Å². The van der Waals surface area contributed by atoms with E-state index in [1.165, 1.54) is 41.5 Å². The fourth-order valence-corrected chi connectivity index (χ4v) is 2.71. The largest absolute Gasteiger partial charge is 0.496 e. The second kappa shape index (κ2) is 5.52. The van der Waals surface area contributed by atoms with Crippen LogP contribution in [-0.4, -0.2) is 14.2 Å². The summed E-state index contributed by atoms with van der Waals surface area (Å²) < 4.78 is 5.49. The maximum absolute atomic E-state index is 5.49. The Hall–Kier alpha value is -1.06. The molecule has 94 valence electrons. The van der Waals surface area contributed by atoms with Gasteiger partial charge in [-0.1, -0.05) is 0 Å². The van der Waals surface area contributed by atoms with E-state index in [1.54, 1.807) is 14.2 Å². The van der Waals surface area contributed by atoms with Gasteiger partial charge < -0.3 is 9.57 Å². The number of hydrogen-bond acceptors (Lipinski definition) is 3. The molecule has 2 rings (SSSR count). The highest BCUT2D eigenvalue weighted by Crippen LogP contribution is 2.33. The smallest absolute Gasteiger partial charge is 0.123 e. The monoisotopic (exact) mass is 235 g/mol. The average Bonchev–Trinajstić information content (AvgIpc) is 2.37. The number of benzene rings is 1. The summed E-state index contributed by atoms with van der Waals surface area (Å²) in [4.78, 5) is 4.96. The van der Waals surface area contributed by atoms with Gasteiger partial charge >= 0.3 is 0 Å². The summed E-state index contributed by atoms with van der Waals surface area (Å²) >= 11 is 0. The van der Waals surface area contributed by atoms with Gasteiger partial charge in [0.2, 0.25) is 0 Å². The van der Waals surface area contributed by atoms with Gasteiger partial charge in [-0.25, -0.2) is 0 Å². The summed E-state index contributed by atoms with van der Waals surface area (Å²) in [6, 6.07) is 2.15. The topological polar surface area (TPSA) is 30.5 Å². The van der Waals surface area contributed by atoms with Crippen LogP contribution in [0.2, 0.25) is 0 Å². The Morgan fingerprint density at radius 3 is 2.53 bits per heavy atom. The molecule has 0 aliphatic heterocycles. The predicted octanol–water partition coefficient (Wildman–Crippen LogP) is 2.53. The first kappa shape index (κ1) is 12.4. The number of ether oxygens (including phenoxy) is 1. The van der Waals surface area contributed by atoms with Crippen molar-refractivity contribution in [1.29, 1.82) is 0 Å². The van der Waals surface area contributed by atoms with Crippen LogP contribution in [0, 0.1) is 6.92 Å². The van der Waals surface area contributed by atoms with Gasteiger partial charge in [0.15, 0.2) is 0 Å². The summed E-state index contributed by atoms with van der Waals surface area (Å²) in [6.07, 6.45) is 4.94. The number of methoxy groups -OCH3 is 1. The lowest BCUT2D eigenvalue weighted by Crippen LogP contribution is -2.17. The Morgan fingerprint density at radius 2 is 1.88 bits per heavy atom. The Bertz CT molecular complexity index is 402. The molecule has 1 aromatic carbocycles. The van der Waals surface area contributed by atoms with E-state index in [9.17, 15) is 0 Å². The summed E-state index contributed by atoms with van der Waals surface area (Å²) in [5.74, 6) is 0.979. The van der Waals surface area contributed by atoms with Crippen molar-refractivity contribution in [3.63, 3.8) is 0 Å². The minimum absolute atomic E-state index is 0.711. The standard InChI is InChI=1S/C14H21NO2/c1-10-8-14(16-2)13(9-15-17-3)12-7-5-4-6-11(10)12/h8,15H,4-7,9H2,1-3H3. The molecule has 0 fully saturated rings. The quantitative estimate of drug-likeness (QED) is 0.813. The fourth-order valence-electron chi connectivity index (χ4n) is 2.71. The number of nitrogens with one attached hydrogen (secondary N) is 1. The zero-order valence-electron chi connectivity index (χ0n) is 10.9. The zero-order chi connectivity index (χ0) is 12.3. The first-order valence-electron chi connectivity index (χ1n) is 6.22. The van der Waals surface area contributed by atoms with Crippen LogP contribution in [0.15, 0.2) is 6.07 Å². The Kier molecular flexibility index (Phi) is 4.02. The van der Waals surface area contributed by atoms with Crippen molar-refractivity contribution in [2.75, 3.05) is 14.2 Å². The molecule has 1 aromatic rings. The van der Waals surface area contributed by atoms with Crippen LogP contribution in [0.1, 0.15) is 35.1 Å². The number of fused-ring (bicyclic) bond motifs is 1. The van der Waals surface area contributed by atoms with Crippen molar-refractivity contribution < 1.29 is 9.57 Å². The summed E-state index contributed by atoms with van der Waals surface area (Å²) in [5.41, 5.74) is 8.54. The molecule has 0 amide bonds. The highest BCUT2D eigenvalue weighted by molar-refractivity contribution is 5.50. The Balaban J connectivity index is 2.44. The molecule has 0 radical (unpaired) electrons. The van der Waals surface area contributed by atoms with E-state index in [2.05, 4.69) is 18.5 Å². The molecule has 0 aromatic heterocycles. The molecule has 1 aliphatic rings. The zero-order valence-corrected chi connectivity index (χ0v) is 10.9. The van der Waals surface area contributed by atoms with E-state index in [4.69, 9.17) is 9.57 Å². The molecule has 0 heterocycles. The lowest BCUT2D eigenvalue weighted by molar-refractivity contribution is 0.0858. The molecule has 3 nitrogen and oxygen atoms in total. The first-order chi connectivity index (χ1) is 8.27. The second-order valence-corrected chi connectivity index (χ2v) is 4.56. The third kappa shape index (κ3) is 2.45. The van der Waals surface area contributed by atoms with Gasteiger partial charge in [-0.05, 0) is 55.4 Å². The van der Waals surface area contributed by atoms with Gasteiger partial charge in [-0.15, -0.1) is 0 Å². The van der Waals surface area contributed by atoms with E-state index in [1.807, 2.05) is 0 Å². The van der Waals surface area contributed by atoms with Crippen LogP contribution in [0.5, 0.6) is 5.75 Å². The minimum atomic E-state index is 0.711. The van der Waals surface area contributed by atoms with Crippen molar-refractivity contribution in [2.45, 2.75) is 39.2 Å². The van der Waals surface area contributed by atoms with Crippen LogP contribution < -0.4 is 10.2 Å². The predicted molar refractivity (Wildman–Crippen MR) is 68.2 cm³/mol. The molecule has 0 saturated heterocycles. The summed E-state index contributed by atoms with van der Waals surface area (Å²) in [6.45, 7) is 2.89. The van der Waals surface area contributed by atoms with E-state index >= 15 is 0 Å². The van der Waals surface area contributed by atoms with Crippen molar-refractivity contribution in [3.05, 3.63) is 28.3 Å². The molecule has 0 bridgehead atoms. The van der Waals surface area contributed by atoms with Crippen LogP contribution in [0.4, 0.5) is 0 Å². The Morgan fingerprint density at radius 1 is 1.18 bits per heavy atom. The maximum Gasteiger partial charge on any atom is 0.123 e. The number of hydrogen-bond donors (Lipinski definition) is 1. The molecular formula is C14H21NO2. The van der Waals surface area contributed by atoms with E-state index in [0.29, 0.717) is 6.54 Å². The van der Waals surface area contributed by atoms with Crippen LogP contribution in [-0.2, 0) is 24.2 Å². The minimum Gasteiger partial charge on any atom is -0.496 e. The number of aryl methyl sites for hydroxylation is 1. The highest BCUT2D eigenvalue weighted by Gasteiger charge is 2.19. The molecule has 0 spiro atoms. The molecule has 17 heavy (non-hydrogen) atoms. The third-order valence-corrected chi connectivity index (χ3v) is 3.57. The normalized spacial score (nSPS) is 14.5. The summed E-state index contributed by atoms with van der Waals surface area (Å²) in [5, 5.41) is 0. The van der Waals surface area contributed by atoms with Gasteiger partial charge in [0.25, 0.3) is 0 Å². The van der Waals surface area contributed by atoms with Crippen molar-refractivity contribution in [3.8, 4) is 5.75 Å². The molecule has 1 N–H and O–H groups in total. The second-order valence-electron chi connectivity index (χ2n) is 4.56. The van der Waals surface area contributed by atoms with E-state index in [-0.39, 0.29) is 0 Å². The van der Waals surface area contributed by atoms with Gasteiger partial charge in [0, 0.05) is 12.1 Å². The lowest BCUT2D eigenvalue weighted by atomic mass is 9.85. The molecule has 0 unspecified atom stereocenters. The Labute approximate surface area is 103 Å². The van der Waals surface area contributed by atoms with E-state index < -0.39 is 0 Å². The number of rotatable bonds is 4. The maximum atomic E-state index is 5.49. The van der Waals surface area contributed by atoms with Gasteiger partial charge in [-0.2, -0.15) is 5.48 Å². The fraction of sp³-hybridized carbons (Fsp3) is 0.571. The number of hydroxylamine groups is 1. The molecular weight excluding hydrogens is 214 g/mol. The molecule has 0 atom stereocenters. The van der Waals surface area contributed by atoms with Crippen molar-refractivity contribution in [1.82, 2.24) is 5.48 Å². The molecule has 0 saturated carbocycles. The summed E-state index contributed by atoms with van der Waals surface area (Å²) in [7, 11) is 3.38. The van der Waals surface area contributed by atoms with Gasteiger partial charge in [-0.3, -0.25) is 0 Å². The van der Waals surface area contributed by atoms with Crippen LogP contribution in [0.25, 0.3) is 0 Å². The van der Waals surface area contributed by atoms with E-state index in [0.717, 1.165) is 12.2 Å². The third-order valence-electron chi connectivity index (χ3n) is 3.57. The first-order valence-corrected chi connectivity index (χ1v) is 6.22. The van der Waals surface area contributed by atoms with Gasteiger partial charge in [0.1, 0.15) is 5.75 Å². The van der Waals surface area contributed by atoms with Crippen molar-refractivity contribution >= 4 is 0 Å². The van der Waals surface area contributed by atoms with Crippen LogP contribution in [0.3, 0.4) is 0 Å². The average molecular weight is 235 g/mol. The van der Waals surface area contributed by atoms with Gasteiger partial charge in [0.05, 0.1) is 14.2 Å². The molecule has 1 aliphatic carbocycles. The van der Waals surface area contributed by atoms with Crippen molar-refractivity contribution in [2.24, 2.45) is 0 Å². The SMILES string of the molecule is CONCc1c(OC)cc(C)c2c1CCCC2. The molecule has 3 heteroatoms. The lowest BCUT2D eigenvalue weighted by Gasteiger charge is -2.24.